The summed E-state index contributed by atoms with van der Waals surface area (Å²) in [7, 11) is 0. The molecule has 2 unspecified atom stereocenters. The summed E-state index contributed by atoms with van der Waals surface area (Å²) in [6.07, 6.45) is 2.34. The van der Waals surface area contributed by atoms with E-state index in [0.29, 0.717) is 16.5 Å². The molecule has 0 aliphatic carbocycles. The highest BCUT2D eigenvalue weighted by Gasteiger charge is 2.22. The Bertz CT molecular complexity index is 416. The van der Waals surface area contributed by atoms with Crippen LogP contribution in [0.5, 0.6) is 0 Å². The maximum atomic E-state index is 12.1. The molecule has 1 amide bonds. The number of piperidine rings is 1. The van der Waals surface area contributed by atoms with Crippen LogP contribution < -0.4 is 10.6 Å². The van der Waals surface area contributed by atoms with Crippen LogP contribution in [0.3, 0.4) is 0 Å². The standard InChI is InChI=1S/C14H19ClN2O/c1-10(11-5-4-8-16-9-11)17-14(18)12-6-2-3-7-13(12)15/h2-3,6-7,10-11,16H,4-5,8-9H2,1H3,(H,17,18). The number of carbonyl (C=O) groups is 1. The van der Waals surface area contributed by atoms with Gasteiger partial charge in [0.25, 0.3) is 5.91 Å². The highest BCUT2D eigenvalue weighted by molar-refractivity contribution is 6.33. The summed E-state index contributed by atoms with van der Waals surface area (Å²) in [6.45, 7) is 4.12. The van der Waals surface area contributed by atoms with E-state index in [0.717, 1.165) is 19.5 Å². The number of rotatable bonds is 3. The van der Waals surface area contributed by atoms with Crippen LogP contribution >= 0.6 is 11.6 Å². The fourth-order valence-corrected chi connectivity index (χ4v) is 2.57. The summed E-state index contributed by atoms with van der Waals surface area (Å²) in [5, 5.41) is 6.91. The topological polar surface area (TPSA) is 41.1 Å². The minimum atomic E-state index is -0.0846. The van der Waals surface area contributed by atoms with Crippen LogP contribution in [0.1, 0.15) is 30.1 Å². The number of benzene rings is 1. The molecule has 4 heteroatoms. The van der Waals surface area contributed by atoms with E-state index in [1.807, 2.05) is 12.1 Å². The summed E-state index contributed by atoms with van der Waals surface area (Å²) in [5.41, 5.74) is 0.551. The van der Waals surface area contributed by atoms with Crippen molar-refractivity contribution in [3.63, 3.8) is 0 Å². The maximum Gasteiger partial charge on any atom is 0.253 e. The molecule has 3 nitrogen and oxygen atoms in total. The Morgan fingerprint density at radius 2 is 2.28 bits per heavy atom. The van der Waals surface area contributed by atoms with Crippen molar-refractivity contribution in [2.24, 2.45) is 5.92 Å². The average molecular weight is 267 g/mol. The number of nitrogens with one attached hydrogen (secondary N) is 2. The van der Waals surface area contributed by atoms with Crippen LogP contribution in [0, 0.1) is 5.92 Å². The van der Waals surface area contributed by atoms with Crippen molar-refractivity contribution in [2.75, 3.05) is 13.1 Å². The zero-order valence-electron chi connectivity index (χ0n) is 10.6. The highest BCUT2D eigenvalue weighted by atomic mass is 35.5. The fourth-order valence-electron chi connectivity index (χ4n) is 2.35. The lowest BCUT2D eigenvalue weighted by Gasteiger charge is -2.29. The molecule has 0 spiro atoms. The molecule has 98 valence electrons. The molecular weight excluding hydrogens is 248 g/mol. The molecule has 1 fully saturated rings. The SMILES string of the molecule is CC(NC(=O)c1ccccc1Cl)C1CCCNC1. The van der Waals surface area contributed by atoms with Crippen molar-refractivity contribution in [3.8, 4) is 0 Å². The fraction of sp³-hybridized carbons (Fsp3) is 0.500. The van der Waals surface area contributed by atoms with Gasteiger partial charge in [-0.05, 0) is 50.9 Å². The van der Waals surface area contributed by atoms with Crippen LogP contribution in [-0.4, -0.2) is 25.0 Å². The monoisotopic (exact) mass is 266 g/mol. The first kappa shape index (κ1) is 13.4. The normalized spacial score (nSPS) is 21.3. The molecule has 0 bridgehead atoms. The zero-order chi connectivity index (χ0) is 13.0. The lowest BCUT2D eigenvalue weighted by Crippen LogP contribution is -2.44. The lowest BCUT2D eigenvalue weighted by atomic mass is 9.92. The highest BCUT2D eigenvalue weighted by Crippen LogP contribution is 2.17. The largest absolute Gasteiger partial charge is 0.349 e. The molecule has 18 heavy (non-hydrogen) atoms. The molecule has 1 aromatic rings. The summed E-state index contributed by atoms with van der Waals surface area (Å²) >= 11 is 6.02. The second kappa shape index (κ2) is 6.21. The molecule has 1 saturated heterocycles. The summed E-state index contributed by atoms with van der Waals surface area (Å²) in [4.78, 5) is 12.1. The van der Waals surface area contributed by atoms with Crippen molar-refractivity contribution in [1.29, 1.82) is 0 Å². The van der Waals surface area contributed by atoms with Crippen LogP contribution in [0.15, 0.2) is 24.3 Å². The Labute approximate surface area is 113 Å². The van der Waals surface area contributed by atoms with Crippen molar-refractivity contribution >= 4 is 17.5 Å². The van der Waals surface area contributed by atoms with Crippen LogP contribution in [-0.2, 0) is 0 Å². The van der Waals surface area contributed by atoms with E-state index in [-0.39, 0.29) is 11.9 Å². The van der Waals surface area contributed by atoms with Gasteiger partial charge >= 0.3 is 0 Å². The van der Waals surface area contributed by atoms with Crippen LogP contribution in [0.4, 0.5) is 0 Å². The molecule has 0 aromatic heterocycles. The third-order valence-corrected chi connectivity index (χ3v) is 3.85. The molecule has 1 aliphatic rings. The molecule has 2 rings (SSSR count). The molecule has 0 saturated carbocycles. The third kappa shape index (κ3) is 3.24. The smallest absolute Gasteiger partial charge is 0.253 e. The van der Waals surface area contributed by atoms with E-state index in [1.54, 1.807) is 12.1 Å². The number of amides is 1. The minimum Gasteiger partial charge on any atom is -0.349 e. The molecule has 2 atom stereocenters. The minimum absolute atomic E-state index is 0.0846. The molecular formula is C14H19ClN2O. The van der Waals surface area contributed by atoms with E-state index < -0.39 is 0 Å². The van der Waals surface area contributed by atoms with Gasteiger partial charge in [0.2, 0.25) is 0 Å². The van der Waals surface area contributed by atoms with Crippen LogP contribution in [0.25, 0.3) is 0 Å². The van der Waals surface area contributed by atoms with Gasteiger partial charge in [0.15, 0.2) is 0 Å². The second-order valence-corrected chi connectivity index (χ2v) is 5.26. The van der Waals surface area contributed by atoms with Gasteiger partial charge in [-0.3, -0.25) is 4.79 Å². The number of halogens is 1. The van der Waals surface area contributed by atoms with Gasteiger partial charge in [0, 0.05) is 6.04 Å². The first-order valence-corrected chi connectivity index (χ1v) is 6.82. The summed E-state index contributed by atoms with van der Waals surface area (Å²) < 4.78 is 0. The predicted octanol–water partition coefficient (Wildman–Crippen LogP) is 2.46. The van der Waals surface area contributed by atoms with Crippen molar-refractivity contribution in [3.05, 3.63) is 34.9 Å². The number of hydrogen-bond donors (Lipinski definition) is 2. The lowest BCUT2D eigenvalue weighted by molar-refractivity contribution is 0.0922. The van der Waals surface area contributed by atoms with Crippen molar-refractivity contribution in [1.82, 2.24) is 10.6 Å². The quantitative estimate of drug-likeness (QED) is 0.882. The third-order valence-electron chi connectivity index (χ3n) is 3.52. The summed E-state index contributed by atoms with van der Waals surface area (Å²) in [5.74, 6) is 0.420. The van der Waals surface area contributed by atoms with E-state index in [4.69, 9.17) is 11.6 Å². The number of carbonyl (C=O) groups excluding carboxylic acids is 1. The zero-order valence-corrected chi connectivity index (χ0v) is 11.3. The van der Waals surface area contributed by atoms with Gasteiger partial charge in [-0.25, -0.2) is 0 Å². The van der Waals surface area contributed by atoms with Gasteiger partial charge in [0.1, 0.15) is 0 Å². The van der Waals surface area contributed by atoms with Gasteiger partial charge in [-0.15, -0.1) is 0 Å². The first-order valence-electron chi connectivity index (χ1n) is 6.44. The van der Waals surface area contributed by atoms with E-state index in [2.05, 4.69) is 17.6 Å². The number of hydrogen-bond acceptors (Lipinski definition) is 2. The summed E-state index contributed by atoms with van der Waals surface area (Å²) in [6, 6.07) is 7.31. The van der Waals surface area contributed by atoms with Gasteiger partial charge < -0.3 is 10.6 Å². The molecule has 1 aromatic carbocycles. The maximum absolute atomic E-state index is 12.1. The van der Waals surface area contributed by atoms with Gasteiger partial charge in [0.05, 0.1) is 10.6 Å². The first-order chi connectivity index (χ1) is 8.68. The van der Waals surface area contributed by atoms with Gasteiger partial charge in [-0.2, -0.15) is 0 Å². The Morgan fingerprint density at radius 3 is 2.94 bits per heavy atom. The Balaban J connectivity index is 1.96. The van der Waals surface area contributed by atoms with Gasteiger partial charge in [-0.1, -0.05) is 23.7 Å². The Hall–Kier alpha value is -1.06. The molecule has 0 radical (unpaired) electrons. The van der Waals surface area contributed by atoms with Crippen LogP contribution in [0.2, 0.25) is 5.02 Å². The predicted molar refractivity (Wildman–Crippen MR) is 74.0 cm³/mol. The average Bonchev–Trinajstić information content (AvgIpc) is 2.40. The molecule has 1 aliphatic heterocycles. The van der Waals surface area contributed by atoms with E-state index in [1.165, 1.54) is 6.42 Å². The second-order valence-electron chi connectivity index (χ2n) is 4.85. The van der Waals surface area contributed by atoms with Crippen molar-refractivity contribution < 1.29 is 4.79 Å². The van der Waals surface area contributed by atoms with E-state index in [9.17, 15) is 4.79 Å². The Kier molecular flexibility index (Phi) is 4.61. The Morgan fingerprint density at radius 1 is 1.50 bits per heavy atom. The molecule has 1 heterocycles. The molecule has 2 N–H and O–H groups in total. The van der Waals surface area contributed by atoms with Crippen molar-refractivity contribution in [2.45, 2.75) is 25.8 Å². The van der Waals surface area contributed by atoms with E-state index >= 15 is 0 Å².